The summed E-state index contributed by atoms with van der Waals surface area (Å²) in [6, 6.07) is 15.0. The van der Waals surface area contributed by atoms with Gasteiger partial charge in [-0.05, 0) is 42.5 Å². The lowest BCUT2D eigenvalue weighted by Crippen LogP contribution is -2.27. The fraction of sp³-hybridized carbons (Fsp3) is 0.250. The molecule has 0 fully saturated rings. The number of thioether (sulfide) groups is 1. The maximum absolute atomic E-state index is 12.6. The molecule has 3 nitrogen and oxygen atoms in total. The van der Waals surface area contributed by atoms with Gasteiger partial charge in [-0.25, -0.2) is 8.42 Å². The van der Waals surface area contributed by atoms with Gasteiger partial charge in [-0.15, -0.1) is 11.8 Å². The van der Waals surface area contributed by atoms with Gasteiger partial charge in [0.2, 0.25) is 10.0 Å². The summed E-state index contributed by atoms with van der Waals surface area (Å²) < 4.78 is 26.6. The molecule has 0 heterocycles. The highest BCUT2D eigenvalue weighted by molar-refractivity contribution is 7.98. The third-order valence-corrected chi connectivity index (χ3v) is 6.05. The van der Waals surface area contributed by atoms with E-state index in [9.17, 15) is 8.42 Å². The van der Waals surface area contributed by atoms with Gasteiger partial charge in [0.25, 0.3) is 0 Å². The Kier molecular flexibility index (Phi) is 5.08. The van der Waals surface area contributed by atoms with E-state index in [-0.39, 0.29) is 0 Å². The van der Waals surface area contributed by atoms with Crippen LogP contribution in [0.5, 0.6) is 0 Å². The van der Waals surface area contributed by atoms with Crippen LogP contribution in [0.15, 0.2) is 58.3 Å². The Labute approximate surface area is 131 Å². The first-order valence-corrected chi connectivity index (χ1v) is 9.26. The molecule has 0 aromatic heterocycles. The Bertz CT molecular complexity index is 709. The minimum absolute atomic E-state index is 0.366. The van der Waals surface area contributed by atoms with E-state index in [1.165, 1.54) is 9.20 Å². The number of rotatable bonds is 5. The average Bonchev–Trinajstić information content (AvgIpc) is 2.48. The van der Waals surface area contributed by atoms with Crippen molar-refractivity contribution < 1.29 is 8.42 Å². The van der Waals surface area contributed by atoms with E-state index in [4.69, 9.17) is 0 Å². The van der Waals surface area contributed by atoms with Gasteiger partial charge in [-0.1, -0.05) is 30.3 Å². The molecule has 0 aliphatic heterocycles. The smallest absolute Gasteiger partial charge is 0.207 e. The van der Waals surface area contributed by atoms with Crippen LogP contribution in [0.4, 0.5) is 0 Å². The molecule has 0 unspecified atom stereocenters. The number of nitrogens with zero attached hydrogens (tertiary/aromatic N) is 1. The van der Waals surface area contributed by atoms with Gasteiger partial charge in [0.05, 0.1) is 4.90 Å². The number of benzene rings is 2. The maximum atomic E-state index is 12.6. The Balaban J connectivity index is 2.22. The molecule has 0 aliphatic carbocycles. The summed E-state index contributed by atoms with van der Waals surface area (Å²) >= 11 is 1.67. The molecule has 0 saturated heterocycles. The molecule has 0 aliphatic rings. The standard InChI is InChI=1S/C16H19NO2S2/c1-13-6-4-5-7-16(13)21(18,19)17(2)12-14-8-10-15(20-3)11-9-14/h4-11H,12H2,1-3H3. The van der Waals surface area contributed by atoms with Gasteiger partial charge in [0.15, 0.2) is 0 Å². The molecular weight excluding hydrogens is 302 g/mol. The lowest BCUT2D eigenvalue weighted by Gasteiger charge is -2.18. The van der Waals surface area contributed by atoms with Crippen LogP contribution in [0, 0.1) is 6.92 Å². The lowest BCUT2D eigenvalue weighted by atomic mass is 10.2. The summed E-state index contributed by atoms with van der Waals surface area (Å²) in [7, 11) is -1.84. The molecule has 0 amide bonds. The van der Waals surface area contributed by atoms with Crippen molar-refractivity contribution in [2.45, 2.75) is 23.3 Å². The minimum atomic E-state index is -3.46. The molecule has 5 heteroatoms. The van der Waals surface area contributed by atoms with Crippen LogP contribution in [0.1, 0.15) is 11.1 Å². The van der Waals surface area contributed by atoms with Crippen molar-refractivity contribution in [2.75, 3.05) is 13.3 Å². The van der Waals surface area contributed by atoms with E-state index in [1.54, 1.807) is 30.9 Å². The quantitative estimate of drug-likeness (QED) is 0.791. The maximum Gasteiger partial charge on any atom is 0.243 e. The van der Waals surface area contributed by atoms with Crippen LogP contribution < -0.4 is 0 Å². The molecule has 2 aromatic carbocycles. The number of aryl methyl sites for hydroxylation is 1. The molecule has 0 radical (unpaired) electrons. The van der Waals surface area contributed by atoms with Crippen molar-refractivity contribution in [2.24, 2.45) is 0 Å². The van der Waals surface area contributed by atoms with Crippen molar-refractivity contribution in [3.63, 3.8) is 0 Å². The lowest BCUT2D eigenvalue weighted by molar-refractivity contribution is 0.466. The molecule has 0 bridgehead atoms. The fourth-order valence-corrected chi connectivity index (χ4v) is 3.88. The zero-order chi connectivity index (χ0) is 15.5. The molecule has 0 spiro atoms. The predicted molar refractivity (Wildman–Crippen MR) is 88.1 cm³/mol. The van der Waals surface area contributed by atoms with Crippen molar-refractivity contribution in [1.82, 2.24) is 4.31 Å². The monoisotopic (exact) mass is 321 g/mol. The van der Waals surface area contributed by atoms with Crippen molar-refractivity contribution in [3.8, 4) is 0 Å². The Morgan fingerprint density at radius 1 is 1.05 bits per heavy atom. The third kappa shape index (κ3) is 3.67. The highest BCUT2D eigenvalue weighted by atomic mass is 32.2. The SMILES string of the molecule is CSc1ccc(CN(C)S(=O)(=O)c2ccccc2C)cc1. The van der Waals surface area contributed by atoms with Gasteiger partial charge in [0.1, 0.15) is 0 Å². The van der Waals surface area contributed by atoms with Crippen molar-refractivity contribution in [1.29, 1.82) is 0 Å². The third-order valence-electron chi connectivity index (χ3n) is 3.35. The van der Waals surface area contributed by atoms with Crippen LogP contribution in [0.3, 0.4) is 0 Å². The topological polar surface area (TPSA) is 37.4 Å². The van der Waals surface area contributed by atoms with E-state index < -0.39 is 10.0 Å². The molecule has 112 valence electrons. The fourth-order valence-electron chi connectivity index (χ4n) is 2.09. The van der Waals surface area contributed by atoms with E-state index in [0.717, 1.165) is 11.1 Å². The van der Waals surface area contributed by atoms with Gasteiger partial charge in [0, 0.05) is 18.5 Å². The first-order valence-electron chi connectivity index (χ1n) is 6.60. The van der Waals surface area contributed by atoms with Gasteiger partial charge >= 0.3 is 0 Å². The van der Waals surface area contributed by atoms with E-state index in [2.05, 4.69) is 0 Å². The summed E-state index contributed by atoms with van der Waals surface area (Å²) in [6.07, 6.45) is 2.02. The molecular formula is C16H19NO2S2. The average molecular weight is 321 g/mol. The zero-order valence-corrected chi connectivity index (χ0v) is 14.0. The summed E-state index contributed by atoms with van der Waals surface area (Å²) in [5.41, 5.74) is 1.74. The minimum Gasteiger partial charge on any atom is -0.207 e. The summed E-state index contributed by atoms with van der Waals surface area (Å²) in [5.74, 6) is 0. The van der Waals surface area contributed by atoms with E-state index >= 15 is 0 Å². The molecule has 2 rings (SSSR count). The van der Waals surface area contributed by atoms with E-state index in [0.29, 0.717) is 11.4 Å². The second-order valence-electron chi connectivity index (χ2n) is 4.87. The molecule has 21 heavy (non-hydrogen) atoms. The largest absolute Gasteiger partial charge is 0.243 e. The second kappa shape index (κ2) is 6.64. The Hall–Kier alpha value is -1.30. The molecule has 0 saturated carbocycles. The number of hydrogen-bond donors (Lipinski definition) is 0. The van der Waals surface area contributed by atoms with Crippen LogP contribution in [0.25, 0.3) is 0 Å². The van der Waals surface area contributed by atoms with Gasteiger partial charge < -0.3 is 0 Å². The van der Waals surface area contributed by atoms with Crippen LogP contribution in [0.2, 0.25) is 0 Å². The zero-order valence-electron chi connectivity index (χ0n) is 12.4. The summed E-state index contributed by atoms with van der Waals surface area (Å²) in [5, 5.41) is 0. The number of sulfonamides is 1. The molecule has 0 N–H and O–H groups in total. The van der Waals surface area contributed by atoms with Gasteiger partial charge in [-0.3, -0.25) is 0 Å². The normalized spacial score (nSPS) is 11.8. The van der Waals surface area contributed by atoms with Crippen LogP contribution in [-0.2, 0) is 16.6 Å². The summed E-state index contributed by atoms with van der Waals surface area (Å²) in [6.45, 7) is 2.18. The van der Waals surface area contributed by atoms with Crippen LogP contribution in [-0.4, -0.2) is 26.0 Å². The Morgan fingerprint density at radius 2 is 1.67 bits per heavy atom. The first kappa shape index (κ1) is 16.1. The van der Waals surface area contributed by atoms with Crippen molar-refractivity contribution >= 4 is 21.8 Å². The van der Waals surface area contributed by atoms with Gasteiger partial charge in [-0.2, -0.15) is 4.31 Å². The second-order valence-corrected chi connectivity index (χ2v) is 7.77. The van der Waals surface area contributed by atoms with Crippen molar-refractivity contribution in [3.05, 3.63) is 59.7 Å². The summed E-state index contributed by atoms with van der Waals surface area (Å²) in [4.78, 5) is 1.54. The Morgan fingerprint density at radius 3 is 2.24 bits per heavy atom. The highest BCUT2D eigenvalue weighted by Gasteiger charge is 2.22. The molecule has 0 atom stereocenters. The van der Waals surface area contributed by atoms with E-state index in [1.807, 2.05) is 49.6 Å². The number of hydrogen-bond acceptors (Lipinski definition) is 3. The predicted octanol–water partition coefficient (Wildman–Crippen LogP) is 3.54. The van der Waals surface area contributed by atoms with Crippen LogP contribution >= 0.6 is 11.8 Å². The molecule has 2 aromatic rings. The highest BCUT2D eigenvalue weighted by Crippen LogP contribution is 2.21. The first-order chi connectivity index (χ1) is 9.95.